The number of nitrogens with zero attached hydrogens (tertiary/aromatic N) is 2. The van der Waals surface area contributed by atoms with Crippen LogP contribution in [0.1, 0.15) is 59.1 Å². The monoisotopic (exact) mass is 1030 g/mol. The molecule has 5 heterocycles. The number of aromatic nitrogens is 1. The summed E-state index contributed by atoms with van der Waals surface area (Å²) in [4.78, 5) is 97.6. The SMILES string of the molecule is O=C1N[C@@H](Cc2ccc(OCc3ccccc3)cc2)C(=O)N2Cc3ccccc3C[C@H]2C(=O)N2CCNC[C@H]2C(=O)N[C@@H](CCc2ccccc2)C(=O)N[C@H](Cc2c[nH]c3ccccc23)C(=O)N[C@H]1CC1CCNCC1. The maximum absolute atomic E-state index is 15.7. The molecule has 1 aromatic heterocycles. The summed E-state index contributed by atoms with van der Waals surface area (Å²) in [5.74, 6) is -2.45. The predicted octanol–water partition coefficient (Wildman–Crippen LogP) is 4.26. The molecule has 0 unspecified atom stereocenters. The molecule has 0 saturated carbocycles. The second-order valence-electron chi connectivity index (χ2n) is 20.6. The zero-order valence-electron chi connectivity index (χ0n) is 42.7. The topological polar surface area (TPSA) is 206 Å². The first-order chi connectivity index (χ1) is 37.1. The van der Waals surface area contributed by atoms with E-state index in [1.54, 1.807) is 4.90 Å². The number of fused-ring (bicyclic) bond motifs is 4. The van der Waals surface area contributed by atoms with Gasteiger partial charge in [0.05, 0.1) is 0 Å². The number of ether oxygens (including phenoxy) is 1. The average molecular weight is 1030 g/mol. The summed E-state index contributed by atoms with van der Waals surface area (Å²) in [6, 6.07) is 35.5. The summed E-state index contributed by atoms with van der Waals surface area (Å²) in [5, 5.41) is 19.8. The fourth-order valence-corrected chi connectivity index (χ4v) is 11.2. The van der Waals surface area contributed by atoms with E-state index >= 15 is 19.2 Å². The van der Waals surface area contributed by atoms with Gasteiger partial charge >= 0.3 is 0 Å². The highest BCUT2D eigenvalue weighted by atomic mass is 16.5. The van der Waals surface area contributed by atoms with Gasteiger partial charge < -0.3 is 51.4 Å². The molecule has 5 aromatic carbocycles. The standard InChI is InChI=1S/C60H67N9O7/c70-55-49(24-21-39-11-3-1-4-12-39)64-58(73)54-36-62-29-30-68(54)60(75)53-34-43-15-7-8-16-44(43)37-69(53)59(74)52(32-40-19-22-46(23-20-40)76-38-42-13-5-2-6-14-42)67-56(71)50(31-41-25-27-61-28-26-41)65-57(72)51(66-55)33-45-35-63-48-18-10-9-17-47(45)48/h1-20,22-23,35,41,49-54,61-63H,21,24-34,36-38H2,(H,64,73)(H,65,72)(H,66,70)(H,67,71)/t49-,50-,51+,52-,53-,54-/m0/s1. The lowest BCUT2D eigenvalue weighted by molar-refractivity contribution is -0.153. The Kier molecular flexibility index (Phi) is 16.5. The first kappa shape index (κ1) is 51.7. The smallest absolute Gasteiger partial charge is 0.246 e. The molecule has 6 atom stereocenters. The number of hydrogen-bond acceptors (Lipinski definition) is 9. The third kappa shape index (κ3) is 12.5. The van der Waals surface area contributed by atoms with E-state index in [1.807, 2.05) is 140 Å². The lowest BCUT2D eigenvalue weighted by atomic mass is 9.89. The highest BCUT2D eigenvalue weighted by molar-refractivity contribution is 5.99. The number of carbonyl (C=O) groups is 6. The average Bonchev–Trinajstić information content (AvgIpc) is 3.89. The Labute approximate surface area is 443 Å². The van der Waals surface area contributed by atoms with E-state index < -0.39 is 71.7 Å². The number of aromatic amines is 1. The molecule has 0 radical (unpaired) electrons. The Hall–Kier alpha value is -7.82. The molecule has 10 rings (SSSR count). The van der Waals surface area contributed by atoms with Gasteiger partial charge in [0.25, 0.3) is 0 Å². The highest BCUT2D eigenvalue weighted by Gasteiger charge is 2.44. The molecule has 16 nitrogen and oxygen atoms in total. The fraction of sp³-hybridized carbons (Fsp3) is 0.367. The normalized spacial score (nSPS) is 23.2. The van der Waals surface area contributed by atoms with Crippen LogP contribution in [0.2, 0.25) is 0 Å². The molecule has 76 heavy (non-hydrogen) atoms. The van der Waals surface area contributed by atoms with E-state index in [4.69, 9.17) is 4.74 Å². The minimum Gasteiger partial charge on any atom is -0.489 e. The number of nitrogens with one attached hydrogen (secondary N) is 7. The summed E-state index contributed by atoms with van der Waals surface area (Å²) < 4.78 is 6.10. The number of piperazine rings is 1. The van der Waals surface area contributed by atoms with Gasteiger partial charge in [-0.3, -0.25) is 28.8 Å². The van der Waals surface area contributed by atoms with Crippen LogP contribution in [-0.4, -0.2) is 119 Å². The molecule has 0 aliphatic carbocycles. The molecule has 3 fully saturated rings. The Morgan fingerprint density at radius 3 is 1.95 bits per heavy atom. The molecule has 7 N–H and O–H groups in total. The van der Waals surface area contributed by atoms with Crippen molar-refractivity contribution in [1.29, 1.82) is 0 Å². The summed E-state index contributed by atoms with van der Waals surface area (Å²) in [5.41, 5.74) is 6.08. The number of hydrogen-bond donors (Lipinski definition) is 7. The molecular weight excluding hydrogens is 959 g/mol. The van der Waals surface area contributed by atoms with Crippen LogP contribution in [0.15, 0.2) is 140 Å². The zero-order chi connectivity index (χ0) is 52.4. The Balaban J connectivity index is 1.03. The van der Waals surface area contributed by atoms with Crippen LogP contribution in [0.3, 0.4) is 0 Å². The predicted molar refractivity (Wildman–Crippen MR) is 288 cm³/mol. The van der Waals surface area contributed by atoms with Gasteiger partial charge in [-0.25, -0.2) is 0 Å². The van der Waals surface area contributed by atoms with Gasteiger partial charge in [0.15, 0.2) is 0 Å². The van der Waals surface area contributed by atoms with Crippen molar-refractivity contribution < 1.29 is 33.5 Å². The van der Waals surface area contributed by atoms with E-state index in [9.17, 15) is 9.59 Å². The van der Waals surface area contributed by atoms with Gasteiger partial charge in [-0.15, -0.1) is 0 Å². The van der Waals surface area contributed by atoms with E-state index in [1.165, 1.54) is 4.90 Å². The third-order valence-electron chi connectivity index (χ3n) is 15.5. The minimum absolute atomic E-state index is 0.0545. The summed E-state index contributed by atoms with van der Waals surface area (Å²) in [7, 11) is 0. The van der Waals surface area contributed by atoms with Crippen LogP contribution in [0.25, 0.3) is 10.9 Å². The van der Waals surface area contributed by atoms with Gasteiger partial charge in [-0.1, -0.05) is 115 Å². The van der Waals surface area contributed by atoms with Crippen LogP contribution in [0.4, 0.5) is 0 Å². The summed E-state index contributed by atoms with van der Waals surface area (Å²) in [6.07, 6.45) is 4.53. The van der Waals surface area contributed by atoms with Gasteiger partial charge in [-0.2, -0.15) is 0 Å². The lowest BCUT2D eigenvalue weighted by Crippen LogP contribution is -2.66. The maximum Gasteiger partial charge on any atom is 0.246 e. The number of aryl methyl sites for hydroxylation is 1. The molecule has 0 bridgehead atoms. The first-order valence-corrected chi connectivity index (χ1v) is 26.8. The number of piperidine rings is 1. The second kappa shape index (κ2) is 24.2. The molecule has 6 aromatic rings. The Morgan fingerprint density at radius 1 is 0.526 bits per heavy atom. The Morgan fingerprint density at radius 2 is 1.17 bits per heavy atom. The number of H-pyrrole nitrogens is 1. The van der Waals surface area contributed by atoms with Gasteiger partial charge in [0.1, 0.15) is 48.6 Å². The highest BCUT2D eigenvalue weighted by Crippen LogP contribution is 2.28. The first-order valence-electron chi connectivity index (χ1n) is 26.8. The van der Waals surface area contributed by atoms with Gasteiger partial charge in [-0.05, 0) is 103 Å². The third-order valence-corrected chi connectivity index (χ3v) is 15.5. The van der Waals surface area contributed by atoms with E-state index in [0.717, 1.165) is 70.2 Å². The molecule has 0 spiro atoms. The van der Waals surface area contributed by atoms with E-state index in [-0.39, 0.29) is 57.7 Å². The summed E-state index contributed by atoms with van der Waals surface area (Å²) in [6.45, 7) is 2.61. The van der Waals surface area contributed by atoms with E-state index in [0.29, 0.717) is 25.3 Å². The van der Waals surface area contributed by atoms with Crippen LogP contribution in [0, 0.1) is 5.92 Å². The van der Waals surface area contributed by atoms with Gasteiger partial charge in [0.2, 0.25) is 35.4 Å². The molecule has 4 aliphatic heterocycles. The molecule has 3 saturated heterocycles. The van der Waals surface area contributed by atoms with Crippen LogP contribution < -0.4 is 36.6 Å². The number of rotatable bonds is 12. The van der Waals surface area contributed by atoms with Crippen LogP contribution in [0.5, 0.6) is 5.75 Å². The minimum atomic E-state index is -1.20. The van der Waals surface area contributed by atoms with Crippen molar-refractivity contribution in [1.82, 2.24) is 46.7 Å². The van der Waals surface area contributed by atoms with E-state index in [2.05, 4.69) is 36.9 Å². The van der Waals surface area contributed by atoms with Crippen molar-refractivity contribution in [2.75, 3.05) is 32.7 Å². The zero-order valence-corrected chi connectivity index (χ0v) is 42.7. The van der Waals surface area contributed by atoms with Crippen LogP contribution in [-0.2, 0) is 67.6 Å². The second-order valence-corrected chi connectivity index (χ2v) is 20.6. The van der Waals surface area contributed by atoms with Crippen molar-refractivity contribution in [3.63, 3.8) is 0 Å². The van der Waals surface area contributed by atoms with Crippen molar-refractivity contribution in [3.8, 4) is 5.75 Å². The number of carbonyl (C=O) groups excluding carboxylic acids is 6. The number of para-hydroxylation sites is 1. The lowest BCUT2D eigenvalue weighted by Gasteiger charge is -2.43. The van der Waals surface area contributed by atoms with Crippen LogP contribution >= 0.6 is 0 Å². The molecule has 6 amide bonds. The number of benzene rings is 5. The van der Waals surface area contributed by atoms with Crippen molar-refractivity contribution in [2.45, 2.75) is 101 Å². The molecule has 394 valence electrons. The largest absolute Gasteiger partial charge is 0.489 e. The Bertz CT molecular complexity index is 3000. The molecule has 16 heteroatoms. The molecular formula is C60H67N9O7. The van der Waals surface area contributed by atoms with Crippen molar-refractivity contribution >= 4 is 46.3 Å². The summed E-state index contributed by atoms with van der Waals surface area (Å²) >= 11 is 0. The van der Waals surface area contributed by atoms with Crippen molar-refractivity contribution in [3.05, 3.63) is 173 Å². The maximum atomic E-state index is 15.7. The quantitative estimate of drug-likeness (QED) is 0.0935. The van der Waals surface area contributed by atoms with Crippen molar-refractivity contribution in [2.24, 2.45) is 5.92 Å². The molecule has 4 aliphatic rings. The van der Waals surface area contributed by atoms with Gasteiger partial charge in [0, 0.05) is 62.5 Å². The fourth-order valence-electron chi connectivity index (χ4n) is 11.2. The number of amides is 6.